The maximum absolute atomic E-state index is 9.29. The highest BCUT2D eigenvalue weighted by Crippen LogP contribution is 2.31. The zero-order valence-electron chi connectivity index (χ0n) is 11.7. The van der Waals surface area contributed by atoms with Crippen LogP contribution in [0.25, 0.3) is 0 Å². The third-order valence-corrected chi connectivity index (χ3v) is 3.41. The molecule has 1 aliphatic carbocycles. The fourth-order valence-electron chi connectivity index (χ4n) is 2.23. The molecule has 2 rings (SSSR count). The first-order valence-corrected chi connectivity index (χ1v) is 6.95. The molecule has 100 valence electrons. The highest BCUT2D eigenvalue weighted by Gasteiger charge is 2.30. The first kappa shape index (κ1) is 13.3. The minimum Gasteiger partial charge on any atom is -0.392 e. The lowest BCUT2D eigenvalue weighted by molar-refractivity contribution is 0.281. The fourth-order valence-corrected chi connectivity index (χ4v) is 2.23. The molecular weight excluding hydrogens is 224 g/mol. The van der Waals surface area contributed by atoms with E-state index in [9.17, 15) is 5.11 Å². The molecule has 0 spiro atoms. The van der Waals surface area contributed by atoms with Gasteiger partial charge in [-0.25, -0.2) is 4.98 Å². The van der Waals surface area contributed by atoms with Crippen molar-refractivity contribution in [2.24, 2.45) is 5.92 Å². The average Bonchev–Trinajstić information content (AvgIpc) is 3.12. The van der Waals surface area contributed by atoms with Crippen molar-refractivity contribution in [2.45, 2.75) is 52.7 Å². The van der Waals surface area contributed by atoms with Crippen molar-refractivity contribution in [3.05, 3.63) is 23.4 Å². The lowest BCUT2D eigenvalue weighted by Crippen LogP contribution is -2.28. The van der Waals surface area contributed by atoms with Crippen LogP contribution in [0.1, 0.15) is 44.4 Å². The fraction of sp³-hybridized carbons (Fsp3) is 0.667. The van der Waals surface area contributed by atoms with Crippen LogP contribution in [-0.4, -0.2) is 22.7 Å². The number of hydrogen-bond donors (Lipinski definition) is 1. The summed E-state index contributed by atoms with van der Waals surface area (Å²) in [4.78, 5) is 7.06. The van der Waals surface area contributed by atoms with Crippen molar-refractivity contribution in [1.82, 2.24) is 4.98 Å². The van der Waals surface area contributed by atoms with Crippen molar-refractivity contribution in [2.75, 3.05) is 11.4 Å². The second-order valence-electron chi connectivity index (χ2n) is 5.74. The normalized spacial score (nSPS) is 15.2. The molecule has 0 atom stereocenters. The van der Waals surface area contributed by atoms with E-state index >= 15 is 0 Å². The maximum Gasteiger partial charge on any atom is 0.129 e. The van der Waals surface area contributed by atoms with E-state index in [4.69, 9.17) is 0 Å². The van der Waals surface area contributed by atoms with Crippen molar-refractivity contribution in [3.8, 4) is 0 Å². The number of aliphatic hydroxyl groups is 1. The van der Waals surface area contributed by atoms with Gasteiger partial charge in [0.15, 0.2) is 0 Å². The van der Waals surface area contributed by atoms with Gasteiger partial charge in [-0.15, -0.1) is 0 Å². The average molecular weight is 248 g/mol. The summed E-state index contributed by atoms with van der Waals surface area (Å²) < 4.78 is 0. The van der Waals surface area contributed by atoms with Gasteiger partial charge in [-0.3, -0.25) is 0 Å². The number of nitrogens with zero attached hydrogens (tertiary/aromatic N) is 2. The van der Waals surface area contributed by atoms with Gasteiger partial charge in [-0.05, 0) is 49.8 Å². The number of aliphatic hydroxyl groups excluding tert-OH is 1. The SMILES string of the molecule is Cc1cc(CO)cc(N(CCC(C)C)C2CC2)n1. The van der Waals surface area contributed by atoms with Crippen LogP contribution in [0, 0.1) is 12.8 Å². The van der Waals surface area contributed by atoms with Crippen molar-refractivity contribution >= 4 is 5.82 Å². The molecule has 1 N–H and O–H groups in total. The Morgan fingerprint density at radius 1 is 1.39 bits per heavy atom. The molecule has 1 aromatic heterocycles. The first-order chi connectivity index (χ1) is 8.60. The Balaban J connectivity index is 2.16. The number of aromatic nitrogens is 1. The lowest BCUT2D eigenvalue weighted by Gasteiger charge is -2.25. The predicted octanol–water partition coefficient (Wildman–Crippen LogP) is 2.90. The monoisotopic (exact) mass is 248 g/mol. The van der Waals surface area contributed by atoms with Gasteiger partial charge in [0.25, 0.3) is 0 Å². The number of pyridine rings is 1. The van der Waals surface area contributed by atoms with E-state index in [-0.39, 0.29) is 6.61 Å². The van der Waals surface area contributed by atoms with Crippen LogP contribution in [-0.2, 0) is 6.61 Å². The van der Waals surface area contributed by atoms with Gasteiger partial charge in [0, 0.05) is 18.3 Å². The third kappa shape index (κ3) is 3.45. The van der Waals surface area contributed by atoms with E-state index in [1.165, 1.54) is 19.3 Å². The van der Waals surface area contributed by atoms with Gasteiger partial charge < -0.3 is 10.0 Å². The maximum atomic E-state index is 9.29. The smallest absolute Gasteiger partial charge is 0.129 e. The van der Waals surface area contributed by atoms with E-state index < -0.39 is 0 Å². The van der Waals surface area contributed by atoms with Gasteiger partial charge in [-0.1, -0.05) is 13.8 Å². The minimum absolute atomic E-state index is 0.0963. The van der Waals surface area contributed by atoms with Crippen LogP contribution < -0.4 is 4.90 Å². The van der Waals surface area contributed by atoms with E-state index in [2.05, 4.69) is 23.7 Å². The summed E-state index contributed by atoms with van der Waals surface area (Å²) in [7, 11) is 0. The Hall–Kier alpha value is -1.09. The van der Waals surface area contributed by atoms with Crippen LogP contribution in [0.3, 0.4) is 0 Å². The molecule has 1 heterocycles. The topological polar surface area (TPSA) is 36.4 Å². The summed E-state index contributed by atoms with van der Waals surface area (Å²) in [5.41, 5.74) is 1.96. The quantitative estimate of drug-likeness (QED) is 0.841. The molecule has 1 fully saturated rings. The molecule has 0 aliphatic heterocycles. The highest BCUT2D eigenvalue weighted by molar-refractivity contribution is 5.45. The Labute approximate surface area is 110 Å². The van der Waals surface area contributed by atoms with Gasteiger partial charge in [0.2, 0.25) is 0 Å². The minimum atomic E-state index is 0.0963. The summed E-state index contributed by atoms with van der Waals surface area (Å²) in [6.45, 7) is 7.68. The Morgan fingerprint density at radius 3 is 2.67 bits per heavy atom. The number of rotatable bonds is 6. The van der Waals surface area contributed by atoms with E-state index in [1.807, 2.05) is 19.1 Å². The molecule has 3 nitrogen and oxygen atoms in total. The van der Waals surface area contributed by atoms with E-state index in [0.717, 1.165) is 23.6 Å². The van der Waals surface area contributed by atoms with Gasteiger partial charge in [0.1, 0.15) is 5.82 Å². The summed E-state index contributed by atoms with van der Waals surface area (Å²) in [6, 6.07) is 4.66. The Morgan fingerprint density at radius 2 is 2.11 bits per heavy atom. The van der Waals surface area contributed by atoms with Crippen molar-refractivity contribution in [1.29, 1.82) is 0 Å². The van der Waals surface area contributed by atoms with Crippen LogP contribution in [0.2, 0.25) is 0 Å². The Bertz CT molecular complexity index is 399. The zero-order valence-corrected chi connectivity index (χ0v) is 11.7. The van der Waals surface area contributed by atoms with E-state index in [1.54, 1.807) is 0 Å². The predicted molar refractivity (Wildman–Crippen MR) is 74.7 cm³/mol. The molecule has 0 radical (unpaired) electrons. The number of anilines is 1. The molecule has 3 heteroatoms. The molecule has 1 saturated carbocycles. The molecule has 0 bridgehead atoms. The lowest BCUT2D eigenvalue weighted by atomic mass is 10.1. The largest absolute Gasteiger partial charge is 0.392 e. The second kappa shape index (κ2) is 5.70. The van der Waals surface area contributed by atoms with Gasteiger partial charge in [0.05, 0.1) is 6.61 Å². The molecule has 1 aromatic rings. The molecule has 0 saturated heterocycles. The summed E-state index contributed by atoms with van der Waals surface area (Å²) >= 11 is 0. The van der Waals surface area contributed by atoms with Crippen LogP contribution in [0.4, 0.5) is 5.82 Å². The number of hydrogen-bond acceptors (Lipinski definition) is 3. The molecule has 18 heavy (non-hydrogen) atoms. The van der Waals surface area contributed by atoms with Crippen LogP contribution >= 0.6 is 0 Å². The van der Waals surface area contributed by atoms with Gasteiger partial charge in [-0.2, -0.15) is 0 Å². The van der Waals surface area contributed by atoms with E-state index in [0.29, 0.717) is 12.0 Å². The Kier molecular flexibility index (Phi) is 4.23. The van der Waals surface area contributed by atoms with Crippen LogP contribution in [0.15, 0.2) is 12.1 Å². The van der Waals surface area contributed by atoms with Crippen molar-refractivity contribution < 1.29 is 5.11 Å². The van der Waals surface area contributed by atoms with Crippen molar-refractivity contribution in [3.63, 3.8) is 0 Å². The first-order valence-electron chi connectivity index (χ1n) is 6.95. The molecule has 0 unspecified atom stereocenters. The summed E-state index contributed by atoms with van der Waals surface area (Å²) in [5, 5.41) is 9.29. The second-order valence-corrected chi connectivity index (χ2v) is 5.74. The highest BCUT2D eigenvalue weighted by atomic mass is 16.3. The summed E-state index contributed by atoms with van der Waals surface area (Å²) in [5.74, 6) is 1.76. The summed E-state index contributed by atoms with van der Waals surface area (Å²) in [6.07, 6.45) is 3.75. The molecule has 1 aliphatic rings. The van der Waals surface area contributed by atoms with Crippen LogP contribution in [0.5, 0.6) is 0 Å². The zero-order chi connectivity index (χ0) is 13.1. The number of aryl methyl sites for hydroxylation is 1. The third-order valence-electron chi connectivity index (χ3n) is 3.41. The standard InChI is InChI=1S/C15H24N2O/c1-11(2)6-7-17(14-4-5-14)15-9-13(10-18)8-12(3)16-15/h8-9,11,14,18H,4-7,10H2,1-3H3. The molecule has 0 aromatic carbocycles. The molecular formula is C15H24N2O. The molecule has 0 amide bonds. The van der Waals surface area contributed by atoms with Gasteiger partial charge >= 0.3 is 0 Å².